The van der Waals surface area contributed by atoms with Crippen molar-refractivity contribution in [2.75, 3.05) is 56.6 Å². The van der Waals surface area contributed by atoms with Crippen LogP contribution >= 0.6 is 0 Å². The molecule has 0 radical (unpaired) electrons. The van der Waals surface area contributed by atoms with Gasteiger partial charge in [0.15, 0.2) is 0 Å². The molecule has 2 fully saturated rings. The zero-order chi connectivity index (χ0) is 21.6. The largest absolute Gasteiger partial charge is 0.371 e. The molecule has 7 heteroatoms. The normalized spacial score (nSPS) is 20.0. The van der Waals surface area contributed by atoms with Crippen LogP contribution in [0.3, 0.4) is 0 Å². The number of benzene rings is 1. The molecular formula is C24H34N6O. The maximum atomic E-state index is 12.1. The average Bonchev–Trinajstić information content (AvgIpc) is 2.83. The molecule has 2 saturated heterocycles. The van der Waals surface area contributed by atoms with Gasteiger partial charge in [-0.3, -0.25) is 4.79 Å². The van der Waals surface area contributed by atoms with E-state index in [-0.39, 0.29) is 5.91 Å². The molecular weight excluding hydrogens is 388 g/mol. The number of nitrogens with one attached hydrogen (secondary N) is 1. The lowest BCUT2D eigenvalue weighted by atomic mass is 9.96. The van der Waals surface area contributed by atoms with Crippen LogP contribution in [-0.4, -0.2) is 73.6 Å². The van der Waals surface area contributed by atoms with Gasteiger partial charge in [-0.15, -0.1) is 0 Å². The van der Waals surface area contributed by atoms with Crippen LogP contribution < -0.4 is 15.1 Å². The van der Waals surface area contributed by atoms with E-state index in [4.69, 9.17) is 0 Å². The summed E-state index contributed by atoms with van der Waals surface area (Å²) in [6.45, 7) is 5.25. The predicted molar refractivity (Wildman–Crippen MR) is 125 cm³/mol. The van der Waals surface area contributed by atoms with Crippen molar-refractivity contribution in [2.24, 2.45) is 5.92 Å². The van der Waals surface area contributed by atoms with Crippen LogP contribution in [-0.2, 0) is 0 Å². The Kier molecular flexibility index (Phi) is 7.02. The zero-order valence-electron chi connectivity index (χ0n) is 18.7. The molecule has 3 heterocycles. The molecule has 1 atom stereocenters. The number of carbonyl (C=O) groups excluding carboxylic acids is 1. The molecule has 0 bridgehead atoms. The SMILES string of the molecule is CN(C)C(=O)c1ccc(N2CCC(NC[C@H]3CCCN(c4ncccn4)C3)CC2)cc1. The van der Waals surface area contributed by atoms with Crippen LogP contribution in [0.15, 0.2) is 42.7 Å². The molecule has 0 saturated carbocycles. The van der Waals surface area contributed by atoms with E-state index in [2.05, 4.69) is 37.2 Å². The third kappa shape index (κ3) is 5.53. The van der Waals surface area contributed by atoms with E-state index in [0.717, 1.165) is 57.1 Å². The van der Waals surface area contributed by atoms with Gasteiger partial charge >= 0.3 is 0 Å². The third-order valence-electron chi connectivity index (χ3n) is 6.43. The van der Waals surface area contributed by atoms with Crippen LogP contribution in [0, 0.1) is 5.92 Å². The van der Waals surface area contributed by atoms with Gasteiger partial charge in [0, 0.05) is 70.0 Å². The van der Waals surface area contributed by atoms with Gasteiger partial charge in [0.1, 0.15) is 0 Å². The molecule has 2 aromatic rings. The average molecular weight is 423 g/mol. The summed E-state index contributed by atoms with van der Waals surface area (Å²) in [6, 6.07) is 10.5. The summed E-state index contributed by atoms with van der Waals surface area (Å²) in [6.07, 6.45) is 8.42. The number of amides is 1. The van der Waals surface area contributed by atoms with Crippen LogP contribution in [0.25, 0.3) is 0 Å². The Hall–Kier alpha value is -2.67. The topological polar surface area (TPSA) is 64.6 Å². The van der Waals surface area contributed by atoms with Gasteiger partial charge < -0.3 is 20.0 Å². The van der Waals surface area contributed by atoms with Crippen LogP contribution in [0.1, 0.15) is 36.0 Å². The standard InChI is InChI=1S/C24H34N6O/c1-28(2)23(31)20-6-8-22(9-7-20)29-15-10-21(11-16-29)27-17-19-5-3-14-30(18-19)24-25-12-4-13-26-24/h4,6-9,12-13,19,21,27H,3,5,10-11,14-18H2,1-2H3/t19-/m1/s1. The highest BCUT2D eigenvalue weighted by Crippen LogP contribution is 2.23. The van der Waals surface area contributed by atoms with Gasteiger partial charge in [-0.2, -0.15) is 0 Å². The van der Waals surface area contributed by atoms with Crippen molar-refractivity contribution in [3.63, 3.8) is 0 Å². The molecule has 4 rings (SSSR count). The molecule has 0 aliphatic carbocycles. The minimum Gasteiger partial charge on any atom is -0.371 e. The Morgan fingerprint density at radius 1 is 1.03 bits per heavy atom. The second-order valence-electron chi connectivity index (χ2n) is 8.92. The summed E-state index contributed by atoms with van der Waals surface area (Å²) in [5.41, 5.74) is 1.95. The van der Waals surface area contributed by atoms with E-state index in [1.54, 1.807) is 19.0 Å². The second-order valence-corrected chi connectivity index (χ2v) is 8.92. The Labute approximate surface area is 185 Å². The van der Waals surface area contributed by atoms with Crippen LogP contribution in [0.4, 0.5) is 11.6 Å². The van der Waals surface area contributed by atoms with Gasteiger partial charge in [-0.25, -0.2) is 9.97 Å². The summed E-state index contributed by atoms with van der Waals surface area (Å²) < 4.78 is 0. The number of rotatable bonds is 6. The minimum atomic E-state index is 0.0505. The zero-order valence-corrected chi connectivity index (χ0v) is 18.7. The van der Waals surface area contributed by atoms with E-state index < -0.39 is 0 Å². The molecule has 1 amide bonds. The molecule has 2 aliphatic rings. The molecule has 1 N–H and O–H groups in total. The predicted octanol–water partition coefficient (Wildman–Crippen LogP) is 2.65. The monoisotopic (exact) mass is 422 g/mol. The Morgan fingerprint density at radius 2 is 1.74 bits per heavy atom. The lowest BCUT2D eigenvalue weighted by Crippen LogP contribution is -2.46. The first-order valence-corrected chi connectivity index (χ1v) is 11.4. The molecule has 31 heavy (non-hydrogen) atoms. The van der Waals surface area contributed by atoms with E-state index in [9.17, 15) is 4.79 Å². The summed E-state index contributed by atoms with van der Waals surface area (Å²) in [4.78, 5) is 27.3. The van der Waals surface area contributed by atoms with Gasteiger partial charge in [-0.05, 0) is 68.5 Å². The molecule has 7 nitrogen and oxygen atoms in total. The van der Waals surface area contributed by atoms with E-state index in [0.29, 0.717) is 12.0 Å². The van der Waals surface area contributed by atoms with Crippen molar-refractivity contribution in [1.82, 2.24) is 20.2 Å². The fourth-order valence-electron chi connectivity index (χ4n) is 4.62. The van der Waals surface area contributed by atoms with Crippen molar-refractivity contribution < 1.29 is 4.79 Å². The Morgan fingerprint density at radius 3 is 2.42 bits per heavy atom. The van der Waals surface area contributed by atoms with Crippen molar-refractivity contribution in [1.29, 1.82) is 0 Å². The summed E-state index contributed by atoms with van der Waals surface area (Å²) in [7, 11) is 3.57. The third-order valence-corrected chi connectivity index (χ3v) is 6.43. The van der Waals surface area contributed by atoms with Crippen molar-refractivity contribution in [3.8, 4) is 0 Å². The van der Waals surface area contributed by atoms with Crippen LogP contribution in [0.5, 0.6) is 0 Å². The minimum absolute atomic E-state index is 0.0505. The fourth-order valence-corrected chi connectivity index (χ4v) is 4.62. The first-order valence-electron chi connectivity index (χ1n) is 11.4. The highest BCUT2D eigenvalue weighted by Gasteiger charge is 2.24. The number of carbonyl (C=O) groups is 1. The van der Waals surface area contributed by atoms with Gasteiger partial charge in [-0.1, -0.05) is 0 Å². The molecule has 166 valence electrons. The number of nitrogens with zero attached hydrogens (tertiary/aromatic N) is 5. The molecule has 2 aliphatic heterocycles. The van der Waals surface area contributed by atoms with Crippen LogP contribution in [0.2, 0.25) is 0 Å². The molecule has 0 unspecified atom stereocenters. The summed E-state index contributed by atoms with van der Waals surface area (Å²) in [5, 5.41) is 3.83. The first-order chi connectivity index (χ1) is 15.1. The van der Waals surface area contributed by atoms with Gasteiger partial charge in [0.2, 0.25) is 5.95 Å². The highest BCUT2D eigenvalue weighted by atomic mass is 16.2. The van der Waals surface area contributed by atoms with Gasteiger partial charge in [0.05, 0.1) is 0 Å². The Balaban J connectivity index is 1.22. The summed E-state index contributed by atoms with van der Waals surface area (Å²) >= 11 is 0. The van der Waals surface area contributed by atoms with Crippen molar-refractivity contribution in [2.45, 2.75) is 31.7 Å². The number of hydrogen-bond acceptors (Lipinski definition) is 6. The number of anilines is 2. The number of piperidine rings is 2. The number of aromatic nitrogens is 2. The molecule has 1 aromatic heterocycles. The summed E-state index contributed by atoms with van der Waals surface area (Å²) in [5.74, 6) is 1.56. The molecule has 0 spiro atoms. The van der Waals surface area contributed by atoms with E-state index in [1.165, 1.54) is 18.5 Å². The quantitative estimate of drug-likeness (QED) is 0.772. The lowest BCUT2D eigenvalue weighted by Gasteiger charge is -2.36. The van der Waals surface area contributed by atoms with E-state index in [1.807, 2.05) is 30.6 Å². The second kappa shape index (κ2) is 10.1. The smallest absolute Gasteiger partial charge is 0.253 e. The maximum absolute atomic E-state index is 12.1. The van der Waals surface area contributed by atoms with Gasteiger partial charge in [0.25, 0.3) is 5.91 Å². The first kappa shape index (κ1) is 21.6. The number of hydrogen-bond donors (Lipinski definition) is 1. The fraction of sp³-hybridized carbons (Fsp3) is 0.542. The lowest BCUT2D eigenvalue weighted by molar-refractivity contribution is 0.0827. The highest BCUT2D eigenvalue weighted by molar-refractivity contribution is 5.94. The van der Waals surface area contributed by atoms with Crippen molar-refractivity contribution >= 4 is 17.5 Å². The Bertz CT molecular complexity index is 833. The van der Waals surface area contributed by atoms with Crippen molar-refractivity contribution in [3.05, 3.63) is 48.3 Å². The molecule has 1 aromatic carbocycles. The van der Waals surface area contributed by atoms with E-state index >= 15 is 0 Å². The maximum Gasteiger partial charge on any atom is 0.253 e.